The molecule has 8 nitrogen and oxygen atoms in total. The van der Waals surface area contributed by atoms with Crippen LogP contribution in [0.25, 0.3) is 0 Å². The maximum absolute atomic E-state index is 10.9. The van der Waals surface area contributed by atoms with Crippen molar-refractivity contribution in [3.63, 3.8) is 0 Å². The lowest BCUT2D eigenvalue weighted by Crippen LogP contribution is -2.48. The summed E-state index contributed by atoms with van der Waals surface area (Å²) in [6.45, 7) is 4.51. The molecule has 3 heterocycles. The molecule has 0 aromatic carbocycles. The number of rotatable bonds is 4. The summed E-state index contributed by atoms with van der Waals surface area (Å²) >= 11 is 0. The Morgan fingerprint density at radius 1 is 1.21 bits per heavy atom. The van der Waals surface area contributed by atoms with Crippen molar-refractivity contribution < 1.29 is 14.6 Å². The van der Waals surface area contributed by atoms with Gasteiger partial charge in [-0.1, -0.05) is 0 Å². The molecule has 0 atom stereocenters. The average Bonchev–Trinajstić information content (AvgIpc) is 2.62. The fourth-order valence-corrected chi connectivity index (χ4v) is 2.47. The van der Waals surface area contributed by atoms with Crippen LogP contribution in [-0.4, -0.2) is 57.2 Å². The van der Waals surface area contributed by atoms with Crippen LogP contribution in [0.4, 0.5) is 10.7 Å². The van der Waals surface area contributed by atoms with E-state index in [0.29, 0.717) is 44.5 Å². The van der Waals surface area contributed by atoms with Crippen molar-refractivity contribution in [2.75, 3.05) is 31.1 Å². The Bertz CT molecular complexity index is 699. The van der Waals surface area contributed by atoms with Crippen LogP contribution in [-0.2, 0) is 6.61 Å². The number of pyridine rings is 1. The Kier molecular flexibility index (Phi) is 4.74. The van der Waals surface area contributed by atoms with Gasteiger partial charge in [-0.15, -0.1) is 0 Å². The van der Waals surface area contributed by atoms with Gasteiger partial charge in [0.05, 0.1) is 12.4 Å². The van der Waals surface area contributed by atoms with E-state index in [2.05, 4.69) is 15.0 Å². The second-order valence-corrected chi connectivity index (χ2v) is 5.57. The van der Waals surface area contributed by atoms with E-state index >= 15 is 0 Å². The minimum atomic E-state index is -0.884. The molecule has 3 rings (SSSR count). The Labute approximate surface area is 139 Å². The van der Waals surface area contributed by atoms with Crippen LogP contribution in [0.5, 0.6) is 5.75 Å². The first-order chi connectivity index (χ1) is 11.6. The van der Waals surface area contributed by atoms with Gasteiger partial charge in [0.2, 0.25) is 5.95 Å². The molecule has 0 unspecified atom stereocenters. The average molecular weight is 329 g/mol. The van der Waals surface area contributed by atoms with E-state index in [1.54, 1.807) is 24.8 Å². The van der Waals surface area contributed by atoms with Crippen molar-refractivity contribution in [1.82, 2.24) is 19.9 Å². The first kappa shape index (κ1) is 16.0. The molecule has 1 amide bonds. The van der Waals surface area contributed by atoms with E-state index < -0.39 is 6.09 Å². The number of carboxylic acid groups (broad SMARTS) is 1. The highest BCUT2D eigenvalue weighted by Gasteiger charge is 2.21. The fraction of sp³-hybridized carbons (Fsp3) is 0.375. The van der Waals surface area contributed by atoms with E-state index in [-0.39, 0.29) is 0 Å². The highest BCUT2D eigenvalue weighted by molar-refractivity contribution is 5.65. The van der Waals surface area contributed by atoms with Gasteiger partial charge in [0, 0.05) is 38.6 Å². The zero-order chi connectivity index (χ0) is 16.9. The molecular weight excluding hydrogens is 310 g/mol. The second kappa shape index (κ2) is 7.12. The van der Waals surface area contributed by atoms with E-state index in [9.17, 15) is 4.79 Å². The molecule has 126 valence electrons. The summed E-state index contributed by atoms with van der Waals surface area (Å²) in [7, 11) is 0. The number of nitrogens with zero attached hydrogens (tertiary/aromatic N) is 5. The summed E-state index contributed by atoms with van der Waals surface area (Å²) in [4.78, 5) is 27.0. The van der Waals surface area contributed by atoms with Crippen molar-refractivity contribution in [2.45, 2.75) is 13.5 Å². The van der Waals surface area contributed by atoms with Gasteiger partial charge in [-0.05, 0) is 24.1 Å². The normalized spacial score (nSPS) is 14.5. The molecule has 24 heavy (non-hydrogen) atoms. The highest BCUT2D eigenvalue weighted by atomic mass is 16.5. The number of aromatic nitrogens is 3. The number of ether oxygens (including phenoxy) is 1. The number of piperazine rings is 1. The molecule has 1 aliphatic rings. The minimum Gasteiger partial charge on any atom is -0.486 e. The fourth-order valence-electron chi connectivity index (χ4n) is 2.47. The molecule has 2 aromatic heterocycles. The van der Waals surface area contributed by atoms with Gasteiger partial charge in [-0.2, -0.15) is 0 Å². The third-order valence-corrected chi connectivity index (χ3v) is 3.98. The number of hydrogen-bond donors (Lipinski definition) is 1. The zero-order valence-corrected chi connectivity index (χ0v) is 13.4. The van der Waals surface area contributed by atoms with Crippen LogP contribution in [0, 0.1) is 6.92 Å². The van der Waals surface area contributed by atoms with Gasteiger partial charge in [-0.25, -0.2) is 14.8 Å². The van der Waals surface area contributed by atoms with Crippen LogP contribution < -0.4 is 9.64 Å². The molecular formula is C16H19N5O3. The van der Waals surface area contributed by atoms with Crippen molar-refractivity contribution >= 4 is 12.0 Å². The Morgan fingerprint density at radius 2 is 1.92 bits per heavy atom. The van der Waals surface area contributed by atoms with E-state index in [1.165, 1.54) is 4.90 Å². The van der Waals surface area contributed by atoms with E-state index in [4.69, 9.17) is 9.84 Å². The van der Waals surface area contributed by atoms with Crippen molar-refractivity contribution in [2.24, 2.45) is 0 Å². The quantitative estimate of drug-likeness (QED) is 0.910. The molecule has 8 heteroatoms. The third kappa shape index (κ3) is 3.70. The van der Waals surface area contributed by atoms with Crippen molar-refractivity contribution in [3.05, 3.63) is 42.0 Å². The monoisotopic (exact) mass is 329 g/mol. The zero-order valence-electron chi connectivity index (χ0n) is 13.4. The molecule has 1 aliphatic heterocycles. The number of aryl methyl sites for hydroxylation is 1. The molecule has 1 N–H and O–H groups in total. The molecule has 1 fully saturated rings. The standard InChI is InChI=1S/C16H19N5O3/c1-12-8-17-3-2-13(12)11-24-14-9-18-15(19-10-14)20-4-6-21(7-5-20)16(22)23/h2-3,8-10H,4-7,11H2,1H3,(H,22,23). The van der Waals surface area contributed by atoms with E-state index in [1.807, 2.05) is 17.9 Å². The SMILES string of the molecule is Cc1cnccc1COc1cnc(N2CCN(C(=O)O)CC2)nc1. The molecule has 0 saturated carbocycles. The smallest absolute Gasteiger partial charge is 0.407 e. The van der Waals surface area contributed by atoms with Crippen LogP contribution in [0.1, 0.15) is 11.1 Å². The molecule has 0 radical (unpaired) electrons. The number of anilines is 1. The van der Waals surface area contributed by atoms with Gasteiger partial charge >= 0.3 is 6.09 Å². The second-order valence-electron chi connectivity index (χ2n) is 5.57. The lowest BCUT2D eigenvalue weighted by Gasteiger charge is -2.32. The maximum Gasteiger partial charge on any atom is 0.407 e. The Hall–Kier alpha value is -2.90. The highest BCUT2D eigenvalue weighted by Crippen LogP contribution is 2.16. The van der Waals surface area contributed by atoms with Crippen LogP contribution in [0.2, 0.25) is 0 Å². The van der Waals surface area contributed by atoms with Crippen molar-refractivity contribution in [1.29, 1.82) is 0 Å². The minimum absolute atomic E-state index is 0.439. The summed E-state index contributed by atoms with van der Waals surface area (Å²) < 4.78 is 5.71. The maximum atomic E-state index is 10.9. The molecule has 2 aromatic rings. The summed E-state index contributed by atoms with van der Waals surface area (Å²) in [5.41, 5.74) is 2.14. The topological polar surface area (TPSA) is 91.7 Å². The van der Waals surface area contributed by atoms with Crippen LogP contribution in [0.15, 0.2) is 30.9 Å². The Morgan fingerprint density at radius 3 is 2.54 bits per heavy atom. The van der Waals surface area contributed by atoms with Gasteiger partial charge in [0.25, 0.3) is 0 Å². The van der Waals surface area contributed by atoms with Gasteiger partial charge in [0.1, 0.15) is 6.61 Å². The lowest BCUT2D eigenvalue weighted by molar-refractivity contribution is 0.142. The number of amides is 1. The van der Waals surface area contributed by atoms with Gasteiger partial charge in [0.15, 0.2) is 5.75 Å². The first-order valence-electron chi connectivity index (χ1n) is 7.70. The third-order valence-electron chi connectivity index (χ3n) is 3.98. The van der Waals surface area contributed by atoms with Crippen molar-refractivity contribution in [3.8, 4) is 5.75 Å². The summed E-state index contributed by atoms with van der Waals surface area (Å²) in [6.07, 6.45) is 5.94. The van der Waals surface area contributed by atoms with E-state index in [0.717, 1.165) is 11.1 Å². The molecule has 0 bridgehead atoms. The first-order valence-corrected chi connectivity index (χ1v) is 7.70. The molecule has 1 saturated heterocycles. The summed E-state index contributed by atoms with van der Waals surface area (Å²) in [5.74, 6) is 1.19. The lowest BCUT2D eigenvalue weighted by atomic mass is 10.2. The van der Waals surface area contributed by atoms with Gasteiger partial charge in [-0.3, -0.25) is 4.98 Å². The predicted octanol–water partition coefficient (Wildman–Crippen LogP) is 1.56. The largest absolute Gasteiger partial charge is 0.486 e. The molecule has 0 spiro atoms. The predicted molar refractivity (Wildman–Crippen MR) is 87.1 cm³/mol. The number of hydrogen-bond acceptors (Lipinski definition) is 6. The number of carbonyl (C=O) groups is 1. The Balaban J connectivity index is 1.56. The summed E-state index contributed by atoms with van der Waals surface area (Å²) in [6, 6.07) is 1.92. The summed E-state index contributed by atoms with van der Waals surface area (Å²) in [5, 5.41) is 8.96. The van der Waals surface area contributed by atoms with Crippen LogP contribution in [0.3, 0.4) is 0 Å². The van der Waals surface area contributed by atoms with Crippen LogP contribution >= 0.6 is 0 Å². The van der Waals surface area contributed by atoms with Gasteiger partial charge < -0.3 is 19.6 Å². The molecule has 0 aliphatic carbocycles.